The lowest BCUT2D eigenvalue weighted by atomic mass is 10.1. The van der Waals surface area contributed by atoms with Crippen LogP contribution in [-0.4, -0.2) is 29.3 Å². The summed E-state index contributed by atoms with van der Waals surface area (Å²) in [5.74, 6) is -0.714. The number of hydrogen-bond acceptors (Lipinski definition) is 5. The van der Waals surface area contributed by atoms with Gasteiger partial charge in [0.05, 0.1) is 16.3 Å². The molecule has 2 aromatic carbocycles. The third-order valence-corrected chi connectivity index (χ3v) is 5.09. The average Bonchev–Trinajstić information content (AvgIpc) is 3.16. The minimum absolute atomic E-state index is 0.108. The van der Waals surface area contributed by atoms with Gasteiger partial charge in [0.25, 0.3) is 5.91 Å². The van der Waals surface area contributed by atoms with Gasteiger partial charge in [-0.05, 0) is 24.3 Å². The first kappa shape index (κ1) is 21.5. The minimum Gasteiger partial charge on any atom is -0.351 e. The van der Waals surface area contributed by atoms with E-state index in [1.165, 1.54) is 18.3 Å². The van der Waals surface area contributed by atoms with Crippen LogP contribution in [0.25, 0.3) is 11.3 Å². The molecule has 1 heterocycles. The number of rotatable bonds is 7. The fourth-order valence-electron chi connectivity index (χ4n) is 2.60. The molecule has 0 aliphatic heterocycles. The van der Waals surface area contributed by atoms with Gasteiger partial charge >= 0.3 is 0 Å². The smallest absolute Gasteiger partial charge is 0.252 e. The van der Waals surface area contributed by atoms with Crippen LogP contribution in [-0.2, 0) is 9.59 Å². The van der Waals surface area contributed by atoms with E-state index in [1.807, 2.05) is 17.5 Å². The summed E-state index contributed by atoms with van der Waals surface area (Å²) in [5.41, 5.74) is 2.66. The number of thiazole rings is 1. The molecule has 3 amide bonds. The molecule has 1 aromatic heterocycles. The Labute approximate surface area is 182 Å². The summed E-state index contributed by atoms with van der Waals surface area (Å²) in [7, 11) is 0. The molecule has 3 N–H and O–H groups in total. The van der Waals surface area contributed by atoms with Gasteiger partial charge in [-0.3, -0.25) is 14.4 Å². The maximum atomic E-state index is 12.1. The lowest BCUT2D eigenvalue weighted by molar-refractivity contribution is -0.116. The molecule has 3 rings (SSSR count). The van der Waals surface area contributed by atoms with Crippen molar-refractivity contribution in [3.8, 4) is 11.3 Å². The Morgan fingerprint density at radius 1 is 1.03 bits per heavy atom. The fourth-order valence-corrected chi connectivity index (χ4v) is 3.56. The Morgan fingerprint density at radius 3 is 2.47 bits per heavy atom. The minimum atomic E-state index is -0.326. The van der Waals surface area contributed by atoms with Crippen molar-refractivity contribution in [1.29, 1.82) is 0 Å². The van der Waals surface area contributed by atoms with Gasteiger partial charge in [-0.1, -0.05) is 35.9 Å². The van der Waals surface area contributed by atoms with Crippen molar-refractivity contribution in [2.45, 2.75) is 13.3 Å². The number of carbonyl (C=O) groups excluding carboxylic acids is 3. The van der Waals surface area contributed by atoms with Crippen LogP contribution in [0.4, 0.5) is 10.8 Å². The highest BCUT2D eigenvalue weighted by Crippen LogP contribution is 2.26. The molecule has 0 unspecified atom stereocenters. The van der Waals surface area contributed by atoms with E-state index in [0.717, 1.165) is 11.3 Å². The summed E-state index contributed by atoms with van der Waals surface area (Å²) in [6, 6.07) is 14.0. The van der Waals surface area contributed by atoms with Gasteiger partial charge in [0.1, 0.15) is 0 Å². The zero-order valence-electron chi connectivity index (χ0n) is 16.1. The Bertz CT molecular complexity index is 1070. The van der Waals surface area contributed by atoms with Crippen LogP contribution in [0.3, 0.4) is 0 Å². The van der Waals surface area contributed by atoms with Crippen LogP contribution in [0.5, 0.6) is 0 Å². The number of nitrogens with zero attached hydrogens (tertiary/aromatic N) is 1. The SMILES string of the molecule is CC(=O)Nc1ccc(-c2csc(NC(=O)CCNC(=O)c3ccccc3Cl)n2)cc1. The second kappa shape index (κ2) is 10.00. The third kappa shape index (κ3) is 5.88. The zero-order chi connectivity index (χ0) is 21.5. The molecule has 0 saturated heterocycles. The lowest BCUT2D eigenvalue weighted by Gasteiger charge is -2.06. The van der Waals surface area contributed by atoms with Gasteiger partial charge in [-0.15, -0.1) is 11.3 Å². The molecule has 154 valence electrons. The van der Waals surface area contributed by atoms with E-state index in [0.29, 0.717) is 21.4 Å². The van der Waals surface area contributed by atoms with Gasteiger partial charge in [-0.2, -0.15) is 0 Å². The quantitative estimate of drug-likeness (QED) is 0.511. The van der Waals surface area contributed by atoms with E-state index >= 15 is 0 Å². The summed E-state index contributed by atoms with van der Waals surface area (Å²) in [4.78, 5) is 39.7. The molecule has 0 saturated carbocycles. The normalized spacial score (nSPS) is 10.3. The largest absolute Gasteiger partial charge is 0.351 e. The molecule has 0 fully saturated rings. The number of nitrogens with one attached hydrogen (secondary N) is 3. The van der Waals surface area contributed by atoms with Crippen LogP contribution in [0, 0.1) is 0 Å². The molecule has 0 radical (unpaired) electrons. The summed E-state index contributed by atoms with van der Waals surface area (Å²) >= 11 is 7.29. The van der Waals surface area contributed by atoms with E-state index in [-0.39, 0.29) is 30.7 Å². The summed E-state index contributed by atoms with van der Waals surface area (Å²) in [6.07, 6.45) is 0.108. The molecule has 9 heteroatoms. The van der Waals surface area contributed by atoms with Crippen molar-refractivity contribution in [2.75, 3.05) is 17.2 Å². The first-order chi connectivity index (χ1) is 14.4. The van der Waals surface area contributed by atoms with Crippen molar-refractivity contribution < 1.29 is 14.4 Å². The van der Waals surface area contributed by atoms with Gasteiger partial charge < -0.3 is 16.0 Å². The number of carbonyl (C=O) groups is 3. The molecule has 0 spiro atoms. The molecule has 7 nitrogen and oxygen atoms in total. The van der Waals surface area contributed by atoms with Gasteiger partial charge in [0, 0.05) is 36.5 Å². The summed E-state index contributed by atoms with van der Waals surface area (Å²) in [6.45, 7) is 1.63. The van der Waals surface area contributed by atoms with Crippen molar-refractivity contribution >= 4 is 51.5 Å². The standard InChI is InChI=1S/C21H19ClN4O3S/c1-13(27)24-15-8-6-14(7-9-15)18-12-30-21(25-18)26-19(28)10-11-23-20(29)16-4-2-3-5-17(16)22/h2-9,12H,10-11H2,1H3,(H,23,29)(H,24,27)(H,25,26,28). The maximum Gasteiger partial charge on any atom is 0.252 e. The summed E-state index contributed by atoms with van der Waals surface area (Å²) < 4.78 is 0. The Kier molecular flexibility index (Phi) is 7.16. The molecular weight excluding hydrogens is 424 g/mol. The van der Waals surface area contributed by atoms with E-state index in [2.05, 4.69) is 20.9 Å². The number of benzene rings is 2. The van der Waals surface area contributed by atoms with Crippen LogP contribution >= 0.6 is 22.9 Å². The average molecular weight is 443 g/mol. The number of aromatic nitrogens is 1. The third-order valence-electron chi connectivity index (χ3n) is 4.01. The lowest BCUT2D eigenvalue weighted by Crippen LogP contribution is -2.27. The van der Waals surface area contributed by atoms with E-state index < -0.39 is 0 Å². The predicted octanol–water partition coefficient (Wildman–Crippen LogP) is 4.18. The zero-order valence-corrected chi connectivity index (χ0v) is 17.6. The molecule has 3 aromatic rings. The van der Waals surface area contributed by atoms with Crippen molar-refractivity contribution in [3.63, 3.8) is 0 Å². The predicted molar refractivity (Wildman–Crippen MR) is 119 cm³/mol. The molecule has 0 aliphatic carbocycles. The highest BCUT2D eigenvalue weighted by atomic mass is 35.5. The molecular formula is C21H19ClN4O3S. The monoisotopic (exact) mass is 442 g/mol. The maximum absolute atomic E-state index is 12.1. The van der Waals surface area contributed by atoms with Gasteiger partial charge in [-0.25, -0.2) is 4.98 Å². The van der Waals surface area contributed by atoms with E-state index in [9.17, 15) is 14.4 Å². The second-order valence-corrected chi connectivity index (χ2v) is 7.60. The van der Waals surface area contributed by atoms with Gasteiger partial charge in [0.15, 0.2) is 5.13 Å². The van der Waals surface area contributed by atoms with Crippen LogP contribution in [0.1, 0.15) is 23.7 Å². The Morgan fingerprint density at radius 2 is 1.77 bits per heavy atom. The van der Waals surface area contributed by atoms with Crippen LogP contribution < -0.4 is 16.0 Å². The van der Waals surface area contributed by atoms with Crippen molar-refractivity contribution in [1.82, 2.24) is 10.3 Å². The first-order valence-electron chi connectivity index (χ1n) is 9.08. The molecule has 0 atom stereocenters. The van der Waals surface area contributed by atoms with E-state index in [1.54, 1.807) is 36.4 Å². The fraction of sp³-hybridized carbons (Fsp3) is 0.143. The van der Waals surface area contributed by atoms with Gasteiger partial charge in [0.2, 0.25) is 11.8 Å². The number of amides is 3. The van der Waals surface area contributed by atoms with Crippen LogP contribution in [0.15, 0.2) is 53.9 Å². The molecule has 0 bridgehead atoms. The highest BCUT2D eigenvalue weighted by molar-refractivity contribution is 7.14. The number of halogens is 1. The second-order valence-electron chi connectivity index (χ2n) is 6.33. The number of hydrogen-bond donors (Lipinski definition) is 3. The van der Waals surface area contributed by atoms with E-state index in [4.69, 9.17) is 11.6 Å². The van der Waals surface area contributed by atoms with Crippen molar-refractivity contribution in [2.24, 2.45) is 0 Å². The first-order valence-corrected chi connectivity index (χ1v) is 10.3. The topological polar surface area (TPSA) is 100 Å². The number of anilines is 2. The van der Waals surface area contributed by atoms with Crippen LogP contribution in [0.2, 0.25) is 5.02 Å². The highest BCUT2D eigenvalue weighted by Gasteiger charge is 2.11. The Hall–Kier alpha value is -3.23. The summed E-state index contributed by atoms with van der Waals surface area (Å²) in [5, 5.41) is 10.8. The molecule has 0 aliphatic rings. The Balaban J connectivity index is 1.49. The van der Waals surface area contributed by atoms with Crippen molar-refractivity contribution in [3.05, 3.63) is 64.5 Å². The molecule has 30 heavy (non-hydrogen) atoms.